The van der Waals surface area contributed by atoms with E-state index in [2.05, 4.69) is 10.3 Å². The zero-order valence-corrected chi connectivity index (χ0v) is 42.5. The van der Waals surface area contributed by atoms with Crippen molar-refractivity contribution in [3.63, 3.8) is 0 Å². The number of hydrogen-bond acceptors (Lipinski definition) is 11. The number of alkyl halides is 3. The second kappa shape index (κ2) is 22.0. The van der Waals surface area contributed by atoms with Crippen molar-refractivity contribution in [1.29, 1.82) is 5.26 Å². The van der Waals surface area contributed by atoms with Crippen molar-refractivity contribution in [2.75, 3.05) is 29.6 Å². The molecule has 0 bridgehead atoms. The number of carbonyl (C=O) groups excluding carboxylic acids is 4. The van der Waals surface area contributed by atoms with Crippen molar-refractivity contribution in [3.05, 3.63) is 124 Å². The monoisotopic (exact) mass is 1020 g/mol. The maximum atomic E-state index is 14.1. The summed E-state index contributed by atoms with van der Waals surface area (Å²) in [6.45, 7) is 11.9. The lowest BCUT2D eigenvalue weighted by atomic mass is 9.76. The van der Waals surface area contributed by atoms with Crippen molar-refractivity contribution in [2.24, 2.45) is 11.3 Å². The number of β-amino-alcohol motifs (C(OH)–C–C–N with tert-alkyl or cyclic N) is 1. The van der Waals surface area contributed by atoms with Gasteiger partial charge in [-0.15, -0.1) is 11.3 Å². The summed E-state index contributed by atoms with van der Waals surface area (Å²) >= 11 is 7.20. The molecule has 0 saturated carbocycles. The van der Waals surface area contributed by atoms with Gasteiger partial charge < -0.3 is 29.7 Å². The Hall–Kier alpha value is -6.68. The van der Waals surface area contributed by atoms with E-state index >= 15 is 0 Å². The Labute approximate surface area is 426 Å². The number of aliphatic hydroxyl groups is 1. The summed E-state index contributed by atoms with van der Waals surface area (Å²) in [5.41, 5.74) is 2.54. The van der Waals surface area contributed by atoms with E-state index in [0.717, 1.165) is 44.3 Å². The number of carbonyl (C=O) groups is 4. The maximum absolute atomic E-state index is 14.1. The van der Waals surface area contributed by atoms with Gasteiger partial charge in [-0.2, -0.15) is 18.4 Å². The standard InChI is InChI=1S/C54H57F3N6O7S2/c1-33-47(72-32-60-33)36-13-8-35(9-14-36)30-59-48(66)46-28-41(65)31-61(46)49(67)45(52(2,3)4)27-40(64)19-10-34-11-20-42(21-12-34)69-24-7-25-70-43-22-17-38(18-23-43)63-51(71)62(50(68)53(63,5)6)39-16-15-37(29-58)44(26-39)54(55,56)57/h8-9,11-18,20-23,26,32,41,45-46,65H,7,10,19,24-25,27-28,30-31H2,1-6H3,(H,59,66)/t41-,45-,46+/m1/s1. The lowest BCUT2D eigenvalue weighted by molar-refractivity contribution is -0.146. The summed E-state index contributed by atoms with van der Waals surface area (Å²) in [4.78, 5) is 64.1. The summed E-state index contributed by atoms with van der Waals surface area (Å²) in [6, 6.07) is 25.9. The predicted molar refractivity (Wildman–Crippen MR) is 272 cm³/mol. The fourth-order valence-electron chi connectivity index (χ4n) is 8.89. The van der Waals surface area contributed by atoms with Crippen LogP contribution in [0.25, 0.3) is 10.4 Å². The summed E-state index contributed by atoms with van der Waals surface area (Å²) in [5.74, 6) is -0.784. The number of amides is 3. The van der Waals surface area contributed by atoms with E-state index in [-0.39, 0.29) is 60.7 Å². The number of nitrogens with one attached hydrogen (secondary N) is 1. The van der Waals surface area contributed by atoms with Crippen molar-refractivity contribution in [1.82, 2.24) is 15.2 Å². The molecule has 13 nitrogen and oxygen atoms in total. The summed E-state index contributed by atoms with van der Waals surface area (Å²) in [7, 11) is 0. The molecule has 7 rings (SSSR count). The molecule has 4 aromatic carbocycles. The van der Waals surface area contributed by atoms with Crippen LogP contribution < -0.4 is 24.6 Å². The van der Waals surface area contributed by atoms with Gasteiger partial charge in [0.15, 0.2) is 5.11 Å². The largest absolute Gasteiger partial charge is 0.493 e. The molecular formula is C54H57F3N6O7S2. The van der Waals surface area contributed by atoms with Gasteiger partial charge in [0, 0.05) is 50.4 Å². The number of nitrogens with zero attached hydrogens (tertiary/aromatic N) is 5. The highest BCUT2D eigenvalue weighted by atomic mass is 32.1. The van der Waals surface area contributed by atoms with Gasteiger partial charge in [-0.1, -0.05) is 57.2 Å². The number of halogens is 3. The van der Waals surface area contributed by atoms with E-state index in [4.69, 9.17) is 21.7 Å². The Bertz CT molecular complexity index is 2840. The van der Waals surface area contributed by atoms with Crippen LogP contribution in [0.5, 0.6) is 11.5 Å². The molecule has 378 valence electrons. The minimum atomic E-state index is -4.81. The first-order chi connectivity index (χ1) is 34.1. The highest BCUT2D eigenvalue weighted by molar-refractivity contribution is 7.81. The molecule has 0 spiro atoms. The zero-order chi connectivity index (χ0) is 52.1. The normalized spacial score (nSPS) is 17.2. The molecule has 72 heavy (non-hydrogen) atoms. The van der Waals surface area contributed by atoms with Crippen molar-refractivity contribution in [3.8, 4) is 28.0 Å². The van der Waals surface area contributed by atoms with Crippen LogP contribution in [0.1, 0.15) is 88.2 Å². The molecule has 3 heterocycles. The van der Waals surface area contributed by atoms with Crippen LogP contribution in [0.4, 0.5) is 24.5 Å². The number of thiazole rings is 1. The third-order valence-electron chi connectivity index (χ3n) is 13.0. The number of benzene rings is 4. The summed E-state index contributed by atoms with van der Waals surface area (Å²) < 4.78 is 53.1. The van der Waals surface area contributed by atoms with E-state index in [9.17, 15) is 42.7 Å². The predicted octanol–water partition coefficient (Wildman–Crippen LogP) is 9.61. The molecule has 2 aliphatic heterocycles. The lowest BCUT2D eigenvalue weighted by Crippen LogP contribution is -2.50. The number of thiocarbonyl (C=S) groups is 1. The number of hydrogen-bond donors (Lipinski definition) is 2. The van der Waals surface area contributed by atoms with Crippen molar-refractivity contribution in [2.45, 2.75) is 104 Å². The number of aliphatic hydroxyl groups excluding tert-OH is 1. The molecule has 0 unspecified atom stereocenters. The number of likely N-dealkylation sites (tertiary alicyclic amines) is 1. The Balaban J connectivity index is 0.845. The molecule has 3 amide bonds. The molecule has 5 aromatic rings. The van der Waals surface area contributed by atoms with Crippen LogP contribution in [-0.2, 0) is 38.3 Å². The van der Waals surface area contributed by atoms with Crippen LogP contribution in [0.3, 0.4) is 0 Å². The fourth-order valence-corrected chi connectivity index (χ4v) is 10.2. The third kappa shape index (κ3) is 12.1. The van der Waals surface area contributed by atoms with Crippen molar-refractivity contribution < 1.29 is 46.9 Å². The van der Waals surface area contributed by atoms with Crippen LogP contribution in [0.2, 0.25) is 0 Å². The van der Waals surface area contributed by atoms with E-state index < -0.39 is 52.2 Å². The molecular weight excluding hydrogens is 966 g/mol. The number of nitriles is 1. The smallest absolute Gasteiger partial charge is 0.417 e. The van der Waals surface area contributed by atoms with E-state index in [1.165, 1.54) is 11.0 Å². The topological polar surface area (TPSA) is 165 Å². The van der Waals surface area contributed by atoms with Crippen LogP contribution >= 0.6 is 23.6 Å². The van der Waals surface area contributed by atoms with E-state index in [1.807, 2.05) is 81.7 Å². The van der Waals surface area contributed by atoms with Crippen LogP contribution in [-0.4, -0.2) is 81.1 Å². The molecule has 2 saturated heterocycles. The number of rotatable bonds is 18. The number of anilines is 2. The highest BCUT2D eigenvalue weighted by Crippen LogP contribution is 2.40. The van der Waals surface area contributed by atoms with Crippen LogP contribution in [0, 0.1) is 29.6 Å². The second-order valence-electron chi connectivity index (χ2n) is 19.6. The molecule has 0 radical (unpaired) electrons. The first-order valence-corrected chi connectivity index (χ1v) is 24.9. The number of Topliss-reactive ketones (excluding diaryl/α,β-unsaturated/α-hetero) is 1. The van der Waals surface area contributed by atoms with E-state index in [0.29, 0.717) is 43.2 Å². The Morgan fingerprint density at radius 1 is 0.944 bits per heavy atom. The number of ketones is 1. The molecule has 0 aliphatic carbocycles. The van der Waals surface area contributed by atoms with Gasteiger partial charge in [-0.25, -0.2) is 4.98 Å². The number of aromatic nitrogens is 1. The maximum Gasteiger partial charge on any atom is 0.417 e. The SMILES string of the molecule is Cc1ncsc1-c1ccc(CNC(=O)[C@@H]2C[C@@H](O)CN2C(=O)[C@@H](CC(=O)CCc2ccc(OCCCOc3ccc(N4C(=S)N(c5ccc(C#N)c(C(F)(F)F)c5)C(=O)C4(C)C)cc3)cc2)C(C)(C)C)cc1. The fraction of sp³-hybridized carbons (Fsp3) is 0.389. The molecule has 3 atom stereocenters. The summed E-state index contributed by atoms with van der Waals surface area (Å²) in [6.07, 6.45) is -4.31. The summed E-state index contributed by atoms with van der Waals surface area (Å²) in [5, 5.41) is 22.8. The van der Waals surface area contributed by atoms with Gasteiger partial charge in [0.1, 0.15) is 28.9 Å². The number of aryl methyl sites for hydroxylation is 2. The molecule has 1 aromatic heterocycles. The zero-order valence-electron chi connectivity index (χ0n) is 40.9. The van der Waals surface area contributed by atoms with Gasteiger partial charge in [-0.3, -0.25) is 24.1 Å². The van der Waals surface area contributed by atoms with Gasteiger partial charge >= 0.3 is 6.18 Å². The Kier molecular flexibility index (Phi) is 16.2. The van der Waals surface area contributed by atoms with Gasteiger partial charge in [-0.05, 0) is 116 Å². The van der Waals surface area contributed by atoms with E-state index in [1.54, 1.807) is 60.4 Å². The third-order valence-corrected chi connectivity index (χ3v) is 14.3. The minimum Gasteiger partial charge on any atom is -0.493 e. The molecule has 2 fully saturated rings. The number of ether oxygens (including phenoxy) is 2. The average molecular weight is 1020 g/mol. The second-order valence-corrected chi connectivity index (χ2v) is 20.8. The minimum absolute atomic E-state index is 0.00530. The molecule has 18 heteroatoms. The quantitative estimate of drug-likeness (QED) is 0.0634. The molecule has 2 aliphatic rings. The Morgan fingerprint density at radius 2 is 1.56 bits per heavy atom. The van der Waals surface area contributed by atoms with Crippen LogP contribution in [0.15, 0.2) is 96.5 Å². The average Bonchev–Trinajstić information content (AvgIpc) is 4.01. The first kappa shape index (κ1) is 53.1. The van der Waals surface area contributed by atoms with Gasteiger partial charge in [0.2, 0.25) is 11.8 Å². The first-order valence-electron chi connectivity index (χ1n) is 23.6. The molecule has 2 N–H and O–H groups in total. The van der Waals surface area contributed by atoms with Gasteiger partial charge in [0.25, 0.3) is 5.91 Å². The Morgan fingerprint density at radius 3 is 2.14 bits per heavy atom. The van der Waals surface area contributed by atoms with Crippen molar-refractivity contribution >= 4 is 63.5 Å². The lowest BCUT2D eigenvalue weighted by Gasteiger charge is -2.34. The highest BCUT2D eigenvalue weighted by Gasteiger charge is 2.51. The van der Waals surface area contributed by atoms with Gasteiger partial charge in [0.05, 0.1) is 58.3 Å².